The van der Waals surface area contributed by atoms with Gasteiger partial charge in [-0.25, -0.2) is 9.97 Å². The molecule has 196 valence electrons. The van der Waals surface area contributed by atoms with Gasteiger partial charge in [0.05, 0.1) is 30.8 Å². The Kier molecular flexibility index (Phi) is 6.92. The largest absolute Gasteiger partial charge is 0.493 e. The van der Waals surface area contributed by atoms with Gasteiger partial charge < -0.3 is 19.5 Å². The maximum atomic E-state index is 13.2. The third-order valence-electron chi connectivity index (χ3n) is 6.03. The molecule has 0 radical (unpaired) electrons. The van der Waals surface area contributed by atoms with E-state index in [1.807, 2.05) is 19.1 Å². The number of carbonyl (C=O) groups is 1. The fourth-order valence-electron chi connectivity index (χ4n) is 4.02. The van der Waals surface area contributed by atoms with Crippen molar-refractivity contribution in [2.24, 2.45) is 0 Å². The minimum Gasteiger partial charge on any atom is -0.493 e. The molecule has 0 fully saturated rings. The Morgan fingerprint density at radius 3 is 2.38 bits per heavy atom. The number of aryl methyl sites for hydroxylation is 2. The van der Waals surface area contributed by atoms with E-state index >= 15 is 0 Å². The van der Waals surface area contributed by atoms with E-state index in [9.17, 15) is 9.59 Å². The highest BCUT2D eigenvalue weighted by atomic mass is 16.5. The van der Waals surface area contributed by atoms with Crippen molar-refractivity contribution in [2.75, 3.05) is 19.5 Å². The number of ether oxygens (including phenoxy) is 3. The van der Waals surface area contributed by atoms with Gasteiger partial charge >= 0.3 is 0 Å². The number of nitrogens with zero attached hydrogens (tertiary/aromatic N) is 4. The van der Waals surface area contributed by atoms with Gasteiger partial charge in [-0.15, -0.1) is 0 Å². The summed E-state index contributed by atoms with van der Waals surface area (Å²) in [5, 5.41) is 7.81. The number of hydrogen-bond acceptors (Lipinski definition) is 8. The maximum absolute atomic E-state index is 13.2. The van der Waals surface area contributed by atoms with E-state index in [2.05, 4.69) is 20.4 Å². The van der Waals surface area contributed by atoms with Crippen molar-refractivity contribution < 1.29 is 19.0 Å². The summed E-state index contributed by atoms with van der Waals surface area (Å²) < 4.78 is 18.0. The Morgan fingerprint density at radius 2 is 1.64 bits per heavy atom. The number of methoxy groups -OCH3 is 2. The van der Waals surface area contributed by atoms with Crippen molar-refractivity contribution in [1.82, 2.24) is 19.7 Å². The van der Waals surface area contributed by atoms with Crippen molar-refractivity contribution in [3.05, 3.63) is 100 Å². The zero-order valence-corrected chi connectivity index (χ0v) is 21.8. The first-order valence-corrected chi connectivity index (χ1v) is 12.0. The molecule has 39 heavy (non-hydrogen) atoms. The van der Waals surface area contributed by atoms with Gasteiger partial charge in [0, 0.05) is 23.9 Å². The van der Waals surface area contributed by atoms with E-state index in [1.165, 1.54) is 17.1 Å². The molecular weight excluding hydrogens is 498 g/mol. The van der Waals surface area contributed by atoms with E-state index in [4.69, 9.17) is 14.2 Å². The summed E-state index contributed by atoms with van der Waals surface area (Å²) in [5.41, 5.74) is 2.98. The van der Waals surface area contributed by atoms with Crippen LogP contribution in [-0.2, 0) is 0 Å². The smallest absolute Gasteiger partial charge is 0.276 e. The number of nitrogens with one attached hydrogen (secondary N) is 1. The summed E-state index contributed by atoms with van der Waals surface area (Å²) in [7, 11) is 3.10. The Bertz CT molecular complexity index is 1750. The lowest BCUT2D eigenvalue weighted by Gasteiger charge is -2.13. The van der Waals surface area contributed by atoms with Crippen molar-refractivity contribution in [3.8, 4) is 28.8 Å². The zero-order valence-electron chi connectivity index (χ0n) is 21.8. The van der Waals surface area contributed by atoms with Crippen LogP contribution >= 0.6 is 0 Å². The first-order chi connectivity index (χ1) is 18.9. The van der Waals surface area contributed by atoms with Gasteiger partial charge in [0.25, 0.3) is 11.5 Å². The normalized spacial score (nSPS) is 10.8. The minimum absolute atomic E-state index is 0.129. The van der Waals surface area contributed by atoms with Crippen molar-refractivity contribution in [3.63, 3.8) is 0 Å². The highest BCUT2D eigenvalue weighted by molar-refractivity contribution is 6.03. The number of hydrogen-bond donors (Lipinski definition) is 1. The molecule has 2 aromatic heterocycles. The van der Waals surface area contributed by atoms with E-state index in [1.54, 1.807) is 69.7 Å². The maximum Gasteiger partial charge on any atom is 0.276 e. The van der Waals surface area contributed by atoms with Crippen LogP contribution in [0.3, 0.4) is 0 Å². The summed E-state index contributed by atoms with van der Waals surface area (Å²) in [6, 6.07) is 19.1. The molecule has 0 aliphatic carbocycles. The summed E-state index contributed by atoms with van der Waals surface area (Å²) in [6.07, 6.45) is 1.40. The molecule has 5 rings (SSSR count). The van der Waals surface area contributed by atoms with Crippen LogP contribution in [0.15, 0.2) is 77.9 Å². The van der Waals surface area contributed by atoms with Crippen LogP contribution in [0.4, 0.5) is 5.69 Å². The van der Waals surface area contributed by atoms with Crippen molar-refractivity contribution in [2.45, 2.75) is 13.8 Å². The van der Waals surface area contributed by atoms with E-state index in [-0.39, 0.29) is 11.3 Å². The zero-order chi connectivity index (χ0) is 27.5. The monoisotopic (exact) mass is 523 g/mol. The van der Waals surface area contributed by atoms with E-state index in [0.717, 1.165) is 5.56 Å². The summed E-state index contributed by atoms with van der Waals surface area (Å²) in [5.74, 6) is 1.34. The second kappa shape index (κ2) is 10.6. The van der Waals surface area contributed by atoms with Gasteiger partial charge in [-0.05, 0) is 49.7 Å². The molecule has 0 bridgehead atoms. The summed E-state index contributed by atoms with van der Waals surface area (Å²) in [6.45, 7) is 3.62. The second-order valence-corrected chi connectivity index (χ2v) is 8.75. The van der Waals surface area contributed by atoms with Crippen LogP contribution in [0.5, 0.6) is 23.1 Å². The highest BCUT2D eigenvalue weighted by Crippen LogP contribution is 2.36. The molecule has 0 saturated carbocycles. The average molecular weight is 524 g/mol. The molecule has 10 nitrogen and oxygen atoms in total. The molecule has 3 aromatic carbocycles. The van der Waals surface area contributed by atoms with Gasteiger partial charge in [-0.1, -0.05) is 23.8 Å². The van der Waals surface area contributed by atoms with E-state index < -0.39 is 5.91 Å². The lowest BCUT2D eigenvalue weighted by molar-refractivity contribution is 0.102. The molecule has 0 aliphatic heterocycles. The molecule has 2 heterocycles. The molecule has 0 saturated heterocycles. The highest BCUT2D eigenvalue weighted by Gasteiger charge is 2.16. The molecule has 0 unspecified atom stereocenters. The van der Waals surface area contributed by atoms with Crippen LogP contribution in [0.25, 0.3) is 16.6 Å². The Labute approximate surface area is 223 Å². The van der Waals surface area contributed by atoms with Gasteiger partial charge in [-0.3, -0.25) is 9.59 Å². The lowest BCUT2D eigenvalue weighted by atomic mass is 10.2. The molecule has 10 heteroatoms. The SMILES string of the molecule is COc1cc2ncnc(Oc3cccc(NC(=O)c4nn(-c5ccc(C)cc5)c(=O)cc4C)c3)c2cc1OC. The van der Waals surface area contributed by atoms with Crippen LogP contribution < -0.4 is 25.1 Å². The number of benzene rings is 3. The molecule has 0 atom stereocenters. The van der Waals surface area contributed by atoms with Gasteiger partial charge in [0.15, 0.2) is 17.2 Å². The standard InChI is InChI=1S/C29H25N5O5/c1-17-8-10-20(11-9-17)34-26(35)12-18(2)27(33-34)28(36)32-19-6-5-7-21(13-19)39-29-22-14-24(37-3)25(38-4)15-23(22)30-16-31-29/h5-16H,1-4H3,(H,32,36). The van der Waals surface area contributed by atoms with Crippen LogP contribution in [0.2, 0.25) is 0 Å². The Balaban J connectivity index is 1.41. The minimum atomic E-state index is -0.463. The van der Waals surface area contributed by atoms with Gasteiger partial charge in [0.2, 0.25) is 5.88 Å². The number of anilines is 1. The van der Waals surface area contributed by atoms with Gasteiger partial charge in [0.1, 0.15) is 12.1 Å². The Morgan fingerprint density at radius 1 is 0.897 bits per heavy atom. The quantitative estimate of drug-likeness (QED) is 0.322. The first-order valence-electron chi connectivity index (χ1n) is 12.0. The van der Waals surface area contributed by atoms with Gasteiger partial charge in [-0.2, -0.15) is 9.78 Å². The van der Waals surface area contributed by atoms with Crippen LogP contribution in [0, 0.1) is 13.8 Å². The predicted molar refractivity (Wildman–Crippen MR) is 146 cm³/mol. The molecule has 5 aromatic rings. The number of aromatic nitrogens is 4. The topological polar surface area (TPSA) is 117 Å². The van der Waals surface area contributed by atoms with Crippen molar-refractivity contribution >= 4 is 22.5 Å². The number of rotatable bonds is 7. The van der Waals surface area contributed by atoms with Crippen molar-refractivity contribution in [1.29, 1.82) is 0 Å². The van der Waals surface area contributed by atoms with Crippen LogP contribution in [-0.4, -0.2) is 39.9 Å². The number of carbonyl (C=O) groups excluding carboxylic acids is 1. The fourth-order valence-corrected chi connectivity index (χ4v) is 4.02. The summed E-state index contributed by atoms with van der Waals surface area (Å²) in [4.78, 5) is 34.3. The summed E-state index contributed by atoms with van der Waals surface area (Å²) >= 11 is 0. The Hall–Kier alpha value is -5.25. The number of amides is 1. The van der Waals surface area contributed by atoms with E-state index in [0.29, 0.717) is 51.0 Å². The lowest BCUT2D eigenvalue weighted by Crippen LogP contribution is -2.26. The molecular formula is C29H25N5O5. The molecule has 0 aliphatic rings. The third kappa shape index (κ3) is 5.26. The third-order valence-corrected chi connectivity index (χ3v) is 6.03. The predicted octanol–water partition coefficient (Wildman–Crippen LogP) is 4.85. The molecule has 1 amide bonds. The first kappa shape index (κ1) is 25.4. The molecule has 0 spiro atoms. The number of fused-ring (bicyclic) bond motifs is 1. The fraction of sp³-hybridized carbons (Fsp3) is 0.138. The van der Waals surface area contributed by atoms with Crippen LogP contribution in [0.1, 0.15) is 21.6 Å². The molecule has 1 N–H and O–H groups in total. The average Bonchev–Trinajstić information content (AvgIpc) is 2.93. The second-order valence-electron chi connectivity index (χ2n) is 8.75.